The second-order valence-electron chi connectivity index (χ2n) is 5.00. The highest BCUT2D eigenvalue weighted by molar-refractivity contribution is 5.84. The van der Waals surface area contributed by atoms with Gasteiger partial charge in [-0.3, -0.25) is 4.99 Å². The van der Waals surface area contributed by atoms with E-state index in [0.29, 0.717) is 0 Å². The number of nitrogens with zero attached hydrogens (tertiary/aromatic N) is 1. The molecule has 0 aliphatic heterocycles. The first-order valence-electron chi connectivity index (χ1n) is 7.23. The van der Waals surface area contributed by atoms with E-state index in [1.165, 1.54) is 25.7 Å². The number of benzene rings is 1. The van der Waals surface area contributed by atoms with Crippen molar-refractivity contribution in [3.8, 4) is 11.5 Å². The standard InChI is InChI=1S/C17H23NO2/c1-19-16-8-9-17(20-2)15(12-16)13-18-11-10-14-6-4-3-5-7-14/h6,8-9,12-13H,3-5,7,10-11H2,1-2H3. The predicted octanol–water partition coefficient (Wildman–Crippen LogP) is 4.01. The fourth-order valence-corrected chi connectivity index (χ4v) is 2.44. The SMILES string of the molecule is COc1ccc(OC)c(C=NCCC2=CCCCC2)c1. The van der Waals surface area contributed by atoms with Gasteiger partial charge >= 0.3 is 0 Å². The first-order valence-corrected chi connectivity index (χ1v) is 7.23. The van der Waals surface area contributed by atoms with Crippen LogP contribution in [0, 0.1) is 0 Å². The van der Waals surface area contributed by atoms with E-state index in [4.69, 9.17) is 9.47 Å². The molecule has 108 valence electrons. The molecular weight excluding hydrogens is 250 g/mol. The van der Waals surface area contributed by atoms with Crippen molar-refractivity contribution in [2.45, 2.75) is 32.1 Å². The Morgan fingerprint density at radius 1 is 1.20 bits per heavy atom. The van der Waals surface area contributed by atoms with Crippen molar-refractivity contribution in [1.29, 1.82) is 0 Å². The zero-order valence-corrected chi connectivity index (χ0v) is 12.4. The van der Waals surface area contributed by atoms with Crippen LogP contribution in [0.3, 0.4) is 0 Å². The number of ether oxygens (including phenoxy) is 2. The lowest BCUT2D eigenvalue weighted by molar-refractivity contribution is 0.402. The molecule has 0 amide bonds. The molecule has 0 radical (unpaired) electrons. The summed E-state index contributed by atoms with van der Waals surface area (Å²) >= 11 is 0. The highest BCUT2D eigenvalue weighted by Crippen LogP contribution is 2.23. The number of rotatable bonds is 6. The number of allylic oxidation sites excluding steroid dienone is 1. The second kappa shape index (κ2) is 7.73. The summed E-state index contributed by atoms with van der Waals surface area (Å²) in [5.74, 6) is 1.65. The zero-order valence-electron chi connectivity index (χ0n) is 12.4. The molecule has 1 aliphatic carbocycles. The lowest BCUT2D eigenvalue weighted by Crippen LogP contribution is -1.96. The molecule has 1 aromatic rings. The van der Waals surface area contributed by atoms with Gasteiger partial charge in [-0.1, -0.05) is 11.6 Å². The minimum atomic E-state index is 0.822. The maximum Gasteiger partial charge on any atom is 0.127 e. The van der Waals surface area contributed by atoms with E-state index in [0.717, 1.165) is 30.0 Å². The molecule has 3 nitrogen and oxygen atoms in total. The Kier molecular flexibility index (Phi) is 5.66. The zero-order chi connectivity index (χ0) is 14.2. The lowest BCUT2D eigenvalue weighted by atomic mass is 9.97. The third-order valence-electron chi connectivity index (χ3n) is 3.61. The van der Waals surface area contributed by atoms with Crippen LogP contribution in [0.5, 0.6) is 11.5 Å². The number of hydrogen-bond acceptors (Lipinski definition) is 3. The molecular formula is C17H23NO2. The molecule has 0 heterocycles. The van der Waals surface area contributed by atoms with Gasteiger partial charge in [-0.05, 0) is 50.3 Å². The molecule has 3 heteroatoms. The van der Waals surface area contributed by atoms with Crippen LogP contribution in [0.2, 0.25) is 0 Å². The van der Waals surface area contributed by atoms with Gasteiger partial charge < -0.3 is 9.47 Å². The summed E-state index contributed by atoms with van der Waals surface area (Å²) in [6, 6.07) is 5.75. The van der Waals surface area contributed by atoms with Gasteiger partial charge in [0.05, 0.1) is 14.2 Å². The molecule has 1 aromatic carbocycles. The van der Waals surface area contributed by atoms with Crippen LogP contribution < -0.4 is 9.47 Å². The van der Waals surface area contributed by atoms with Gasteiger partial charge in [-0.15, -0.1) is 0 Å². The molecule has 0 atom stereocenters. The average molecular weight is 273 g/mol. The third-order valence-corrected chi connectivity index (χ3v) is 3.61. The molecule has 0 unspecified atom stereocenters. The molecule has 0 spiro atoms. The lowest BCUT2D eigenvalue weighted by Gasteiger charge is -2.11. The van der Waals surface area contributed by atoms with Gasteiger partial charge in [0.2, 0.25) is 0 Å². The van der Waals surface area contributed by atoms with E-state index < -0.39 is 0 Å². The maximum atomic E-state index is 5.33. The van der Waals surface area contributed by atoms with E-state index in [2.05, 4.69) is 11.1 Å². The molecule has 0 N–H and O–H groups in total. The van der Waals surface area contributed by atoms with Crippen LogP contribution in [0.15, 0.2) is 34.8 Å². The third kappa shape index (κ3) is 4.12. The summed E-state index contributed by atoms with van der Waals surface area (Å²) in [7, 11) is 3.34. The van der Waals surface area contributed by atoms with Crippen molar-refractivity contribution < 1.29 is 9.47 Å². The smallest absolute Gasteiger partial charge is 0.127 e. The first-order chi connectivity index (χ1) is 9.83. The summed E-state index contributed by atoms with van der Waals surface area (Å²) < 4.78 is 10.6. The molecule has 0 aromatic heterocycles. The number of aliphatic imine (C=N–C) groups is 1. The van der Waals surface area contributed by atoms with Crippen molar-refractivity contribution in [3.63, 3.8) is 0 Å². The topological polar surface area (TPSA) is 30.8 Å². The van der Waals surface area contributed by atoms with E-state index in [1.54, 1.807) is 19.8 Å². The summed E-state index contributed by atoms with van der Waals surface area (Å²) in [5.41, 5.74) is 2.52. The Morgan fingerprint density at radius 3 is 2.80 bits per heavy atom. The Balaban J connectivity index is 1.94. The van der Waals surface area contributed by atoms with E-state index in [9.17, 15) is 0 Å². The predicted molar refractivity (Wildman–Crippen MR) is 83.2 cm³/mol. The number of hydrogen-bond donors (Lipinski definition) is 0. The Bertz CT molecular complexity index is 492. The van der Waals surface area contributed by atoms with Crippen molar-refractivity contribution in [2.24, 2.45) is 4.99 Å². The van der Waals surface area contributed by atoms with E-state index in [-0.39, 0.29) is 0 Å². The monoisotopic (exact) mass is 273 g/mol. The molecule has 0 saturated carbocycles. The van der Waals surface area contributed by atoms with Crippen molar-refractivity contribution in [2.75, 3.05) is 20.8 Å². The van der Waals surface area contributed by atoms with E-state index >= 15 is 0 Å². The van der Waals surface area contributed by atoms with Crippen molar-refractivity contribution in [1.82, 2.24) is 0 Å². The molecule has 0 fully saturated rings. The Hall–Kier alpha value is -1.77. The molecule has 2 rings (SSSR count). The van der Waals surface area contributed by atoms with Gasteiger partial charge in [-0.2, -0.15) is 0 Å². The summed E-state index contributed by atoms with van der Waals surface area (Å²) in [5, 5.41) is 0. The van der Waals surface area contributed by atoms with Gasteiger partial charge in [0.1, 0.15) is 11.5 Å². The van der Waals surface area contributed by atoms with Gasteiger partial charge in [-0.25, -0.2) is 0 Å². The van der Waals surface area contributed by atoms with Crippen LogP contribution >= 0.6 is 0 Å². The highest BCUT2D eigenvalue weighted by Gasteiger charge is 2.04. The fraction of sp³-hybridized carbons (Fsp3) is 0.471. The molecule has 1 aliphatic rings. The molecule has 0 bridgehead atoms. The number of methoxy groups -OCH3 is 2. The summed E-state index contributed by atoms with van der Waals surface area (Å²) in [6.45, 7) is 0.839. The average Bonchev–Trinajstić information content (AvgIpc) is 2.52. The van der Waals surface area contributed by atoms with Crippen LogP contribution in [0.25, 0.3) is 0 Å². The molecule has 0 saturated heterocycles. The van der Waals surface area contributed by atoms with E-state index in [1.807, 2.05) is 24.4 Å². The first kappa shape index (κ1) is 14.6. The van der Waals surface area contributed by atoms with Crippen molar-refractivity contribution >= 4 is 6.21 Å². The minimum Gasteiger partial charge on any atom is -0.497 e. The minimum absolute atomic E-state index is 0.822. The van der Waals surface area contributed by atoms with Crippen LogP contribution in [-0.4, -0.2) is 27.0 Å². The van der Waals surface area contributed by atoms with Crippen LogP contribution in [0.4, 0.5) is 0 Å². The van der Waals surface area contributed by atoms with Gasteiger partial charge in [0.25, 0.3) is 0 Å². The van der Waals surface area contributed by atoms with Crippen LogP contribution in [0.1, 0.15) is 37.7 Å². The van der Waals surface area contributed by atoms with Gasteiger partial charge in [0, 0.05) is 18.3 Å². The largest absolute Gasteiger partial charge is 0.497 e. The normalized spacial score (nSPS) is 15.2. The van der Waals surface area contributed by atoms with Crippen LogP contribution in [-0.2, 0) is 0 Å². The quantitative estimate of drug-likeness (QED) is 0.579. The second-order valence-corrected chi connectivity index (χ2v) is 5.00. The maximum absolute atomic E-state index is 5.33. The molecule has 20 heavy (non-hydrogen) atoms. The van der Waals surface area contributed by atoms with Crippen molar-refractivity contribution in [3.05, 3.63) is 35.4 Å². The highest BCUT2D eigenvalue weighted by atomic mass is 16.5. The summed E-state index contributed by atoms with van der Waals surface area (Å²) in [4.78, 5) is 4.52. The Morgan fingerprint density at radius 2 is 2.10 bits per heavy atom. The summed E-state index contributed by atoms with van der Waals surface area (Å²) in [6.07, 6.45) is 10.5. The fourth-order valence-electron chi connectivity index (χ4n) is 2.44. The Labute approximate surface area is 121 Å². The van der Waals surface area contributed by atoms with Gasteiger partial charge in [0.15, 0.2) is 0 Å².